The molecule has 0 fully saturated rings. The molecule has 0 saturated heterocycles. The quantitative estimate of drug-likeness (QED) is 0.509. The summed E-state index contributed by atoms with van der Waals surface area (Å²) in [5.41, 5.74) is 9.91. The van der Waals surface area contributed by atoms with Gasteiger partial charge in [-0.1, -0.05) is 66.6 Å². The monoisotopic (exact) mass is 354 g/mol. The average Bonchev–Trinajstić information content (AvgIpc) is 3.05. The summed E-state index contributed by atoms with van der Waals surface area (Å²) in [6.07, 6.45) is 4.49. The molecule has 2 heteroatoms. The van der Waals surface area contributed by atoms with Gasteiger partial charge in [0.05, 0.1) is 10.8 Å². The van der Waals surface area contributed by atoms with Gasteiger partial charge in [-0.15, -0.1) is 23.2 Å². The molecule has 0 spiro atoms. The zero-order valence-electron chi connectivity index (χ0n) is 14.1. The van der Waals surface area contributed by atoms with Gasteiger partial charge in [-0.25, -0.2) is 0 Å². The molecule has 0 bridgehead atoms. The van der Waals surface area contributed by atoms with E-state index in [1.54, 1.807) is 0 Å². The summed E-state index contributed by atoms with van der Waals surface area (Å²) in [6.45, 7) is 6.44. The van der Waals surface area contributed by atoms with Gasteiger partial charge in [0.25, 0.3) is 0 Å². The maximum atomic E-state index is 6.80. The fourth-order valence-corrected chi connectivity index (χ4v) is 4.72. The topological polar surface area (TPSA) is 0 Å². The van der Waals surface area contributed by atoms with Gasteiger partial charge in [0.1, 0.15) is 0 Å². The van der Waals surface area contributed by atoms with Crippen LogP contribution in [0.3, 0.4) is 0 Å². The van der Waals surface area contributed by atoms with E-state index in [0.29, 0.717) is 0 Å². The van der Waals surface area contributed by atoms with Crippen LogP contribution in [-0.4, -0.2) is 0 Å². The molecule has 2 unspecified atom stereocenters. The molecule has 2 aliphatic rings. The molecule has 0 heterocycles. The minimum Gasteiger partial charge on any atom is -0.113 e. The highest BCUT2D eigenvalue weighted by molar-refractivity contribution is 6.25. The van der Waals surface area contributed by atoms with Crippen LogP contribution in [0.1, 0.15) is 51.1 Å². The molecule has 24 heavy (non-hydrogen) atoms. The van der Waals surface area contributed by atoms with E-state index in [0.717, 1.165) is 0 Å². The van der Waals surface area contributed by atoms with Crippen molar-refractivity contribution in [1.29, 1.82) is 0 Å². The summed E-state index contributed by atoms with van der Waals surface area (Å²) < 4.78 is 0. The van der Waals surface area contributed by atoms with Crippen molar-refractivity contribution in [3.05, 3.63) is 80.9 Å². The van der Waals surface area contributed by atoms with Crippen LogP contribution < -0.4 is 0 Å². The molecule has 0 saturated carbocycles. The summed E-state index contributed by atoms with van der Waals surface area (Å²) >= 11 is 13.6. The summed E-state index contributed by atoms with van der Waals surface area (Å²) in [6, 6.07) is 13.0. The van der Waals surface area contributed by atoms with Gasteiger partial charge in [-0.05, 0) is 47.2 Å². The standard InChI is InChI=1S/C22H20Cl2/c1-12-4-6-15-10-17(21(23)19(15)8-12)14(3)18-11-16-7-5-13(2)9-20(16)22(18)24/h4-11,14,21-22H,1-3H3. The third-order valence-electron chi connectivity index (χ3n) is 5.26. The van der Waals surface area contributed by atoms with Crippen molar-refractivity contribution >= 4 is 35.4 Å². The summed E-state index contributed by atoms with van der Waals surface area (Å²) in [5, 5.41) is -0.129. The van der Waals surface area contributed by atoms with Gasteiger partial charge in [-0.3, -0.25) is 0 Å². The Labute approximate surface area is 153 Å². The maximum absolute atomic E-state index is 6.80. The second-order valence-electron chi connectivity index (χ2n) is 7.00. The van der Waals surface area contributed by atoms with E-state index in [1.165, 1.54) is 44.5 Å². The predicted octanol–water partition coefficient (Wildman–Crippen LogP) is 6.99. The van der Waals surface area contributed by atoms with Crippen LogP contribution in [0.15, 0.2) is 47.5 Å². The number of rotatable bonds is 2. The van der Waals surface area contributed by atoms with Crippen molar-refractivity contribution in [1.82, 2.24) is 0 Å². The summed E-state index contributed by atoms with van der Waals surface area (Å²) in [4.78, 5) is 0. The number of hydrogen-bond donors (Lipinski definition) is 0. The Balaban J connectivity index is 1.68. The molecule has 0 radical (unpaired) electrons. The molecule has 0 amide bonds. The number of alkyl halides is 2. The molecular formula is C22H20Cl2. The highest BCUT2D eigenvalue weighted by Gasteiger charge is 2.33. The van der Waals surface area contributed by atoms with Crippen molar-refractivity contribution in [3.63, 3.8) is 0 Å². The van der Waals surface area contributed by atoms with Crippen LogP contribution in [-0.2, 0) is 0 Å². The van der Waals surface area contributed by atoms with E-state index in [2.05, 4.69) is 69.3 Å². The summed E-state index contributed by atoms with van der Waals surface area (Å²) in [7, 11) is 0. The number of aryl methyl sites for hydroxylation is 2. The molecule has 2 aromatic carbocycles. The second-order valence-corrected chi connectivity index (χ2v) is 7.87. The Bertz CT molecular complexity index is 815. The number of benzene rings is 2. The third kappa shape index (κ3) is 2.44. The molecule has 2 aliphatic carbocycles. The molecule has 2 atom stereocenters. The Morgan fingerprint density at radius 3 is 1.58 bits per heavy atom. The van der Waals surface area contributed by atoms with Crippen molar-refractivity contribution in [2.45, 2.75) is 31.5 Å². The Kier molecular flexibility index (Phi) is 3.86. The van der Waals surface area contributed by atoms with E-state index in [4.69, 9.17) is 23.2 Å². The first-order valence-electron chi connectivity index (χ1n) is 8.38. The second kappa shape index (κ2) is 5.79. The van der Waals surface area contributed by atoms with Crippen LogP contribution in [0, 0.1) is 19.8 Å². The van der Waals surface area contributed by atoms with Crippen LogP contribution >= 0.6 is 23.2 Å². The van der Waals surface area contributed by atoms with Gasteiger partial charge < -0.3 is 0 Å². The average molecular weight is 355 g/mol. The molecule has 2 aromatic rings. The normalized spacial score (nSPS) is 22.7. The Morgan fingerprint density at radius 1 is 0.750 bits per heavy atom. The lowest BCUT2D eigenvalue weighted by Crippen LogP contribution is -2.07. The first-order chi connectivity index (χ1) is 11.5. The molecular weight excluding hydrogens is 335 g/mol. The smallest absolute Gasteiger partial charge is 0.0810 e. The maximum Gasteiger partial charge on any atom is 0.0810 e. The Hall–Kier alpha value is -1.50. The van der Waals surface area contributed by atoms with Gasteiger partial charge in [0.2, 0.25) is 0 Å². The first kappa shape index (κ1) is 16.0. The number of fused-ring (bicyclic) bond motifs is 2. The van der Waals surface area contributed by atoms with E-state index in [-0.39, 0.29) is 16.7 Å². The van der Waals surface area contributed by atoms with Crippen molar-refractivity contribution in [2.75, 3.05) is 0 Å². The lowest BCUT2D eigenvalue weighted by atomic mass is 9.89. The molecule has 0 nitrogen and oxygen atoms in total. The third-order valence-corrected chi connectivity index (χ3v) is 6.23. The van der Waals surface area contributed by atoms with Crippen molar-refractivity contribution in [3.8, 4) is 0 Å². The van der Waals surface area contributed by atoms with Crippen LogP contribution in [0.5, 0.6) is 0 Å². The SMILES string of the molecule is Cc1ccc2c(c1)C(Cl)C(C(C)C1=Cc3ccc(C)cc3C1Cl)=C2. The first-order valence-corrected chi connectivity index (χ1v) is 9.25. The lowest BCUT2D eigenvalue weighted by molar-refractivity contribution is 0.753. The van der Waals surface area contributed by atoms with Crippen LogP contribution in [0.2, 0.25) is 0 Å². The van der Waals surface area contributed by atoms with Crippen molar-refractivity contribution < 1.29 is 0 Å². The van der Waals surface area contributed by atoms with E-state index in [9.17, 15) is 0 Å². The zero-order valence-corrected chi connectivity index (χ0v) is 15.6. The van der Waals surface area contributed by atoms with Gasteiger partial charge >= 0.3 is 0 Å². The lowest BCUT2D eigenvalue weighted by Gasteiger charge is -2.21. The largest absolute Gasteiger partial charge is 0.113 e. The molecule has 0 aliphatic heterocycles. The molecule has 0 N–H and O–H groups in total. The van der Waals surface area contributed by atoms with E-state index in [1.807, 2.05) is 0 Å². The van der Waals surface area contributed by atoms with Gasteiger partial charge in [0, 0.05) is 5.92 Å². The van der Waals surface area contributed by atoms with E-state index >= 15 is 0 Å². The van der Waals surface area contributed by atoms with Crippen LogP contribution in [0.4, 0.5) is 0 Å². The number of allylic oxidation sites excluding steroid dienone is 2. The number of halogens is 2. The zero-order chi connectivity index (χ0) is 17.0. The minimum absolute atomic E-state index is 0.0647. The fourth-order valence-electron chi connectivity index (χ4n) is 3.84. The Morgan fingerprint density at radius 2 is 1.17 bits per heavy atom. The van der Waals surface area contributed by atoms with E-state index < -0.39 is 0 Å². The molecule has 122 valence electrons. The van der Waals surface area contributed by atoms with Gasteiger partial charge in [-0.2, -0.15) is 0 Å². The predicted molar refractivity (Wildman–Crippen MR) is 105 cm³/mol. The molecule has 0 aromatic heterocycles. The summed E-state index contributed by atoms with van der Waals surface area (Å²) in [5.74, 6) is 0.232. The molecule has 4 rings (SSSR count). The minimum atomic E-state index is -0.0647. The van der Waals surface area contributed by atoms with Crippen LogP contribution in [0.25, 0.3) is 12.2 Å². The van der Waals surface area contributed by atoms with Gasteiger partial charge in [0.15, 0.2) is 0 Å². The fraction of sp³-hybridized carbons (Fsp3) is 0.273. The van der Waals surface area contributed by atoms with Crippen molar-refractivity contribution in [2.24, 2.45) is 5.92 Å². The number of hydrogen-bond acceptors (Lipinski definition) is 0. The highest BCUT2D eigenvalue weighted by atomic mass is 35.5. The highest BCUT2D eigenvalue weighted by Crippen LogP contribution is 2.50.